The SMILES string of the molecule is CC1SCC(C(=O)O)N1C(=O)NC1(C)CCOC1. The lowest BCUT2D eigenvalue weighted by atomic mass is 10.0. The summed E-state index contributed by atoms with van der Waals surface area (Å²) in [7, 11) is 0. The van der Waals surface area contributed by atoms with Crippen LogP contribution in [-0.2, 0) is 9.53 Å². The highest BCUT2D eigenvalue weighted by atomic mass is 32.2. The van der Waals surface area contributed by atoms with Gasteiger partial charge in [0, 0.05) is 12.4 Å². The number of rotatable bonds is 2. The van der Waals surface area contributed by atoms with Crippen molar-refractivity contribution in [2.75, 3.05) is 19.0 Å². The van der Waals surface area contributed by atoms with Crippen molar-refractivity contribution in [3.8, 4) is 0 Å². The first-order chi connectivity index (χ1) is 8.43. The molecule has 18 heavy (non-hydrogen) atoms. The average Bonchev–Trinajstić information content (AvgIpc) is 2.84. The van der Waals surface area contributed by atoms with Crippen molar-refractivity contribution in [1.29, 1.82) is 0 Å². The van der Waals surface area contributed by atoms with E-state index in [1.807, 2.05) is 13.8 Å². The number of nitrogens with zero attached hydrogens (tertiary/aromatic N) is 1. The van der Waals surface area contributed by atoms with Crippen LogP contribution in [0.1, 0.15) is 20.3 Å². The van der Waals surface area contributed by atoms with Gasteiger partial charge in [-0.1, -0.05) is 0 Å². The first kappa shape index (κ1) is 13.5. The number of amides is 2. The van der Waals surface area contributed by atoms with Crippen molar-refractivity contribution in [3.05, 3.63) is 0 Å². The third-order valence-electron chi connectivity index (χ3n) is 3.37. The van der Waals surface area contributed by atoms with Crippen LogP contribution in [0.4, 0.5) is 4.79 Å². The number of hydrogen-bond acceptors (Lipinski definition) is 4. The highest BCUT2D eigenvalue weighted by Gasteiger charge is 2.42. The van der Waals surface area contributed by atoms with Crippen LogP contribution in [0.2, 0.25) is 0 Å². The molecule has 2 amide bonds. The maximum Gasteiger partial charge on any atom is 0.327 e. The zero-order valence-corrected chi connectivity index (χ0v) is 11.3. The van der Waals surface area contributed by atoms with Gasteiger partial charge < -0.3 is 15.2 Å². The van der Waals surface area contributed by atoms with E-state index in [9.17, 15) is 9.59 Å². The molecule has 0 aromatic heterocycles. The van der Waals surface area contributed by atoms with Crippen molar-refractivity contribution in [3.63, 3.8) is 0 Å². The van der Waals surface area contributed by atoms with Crippen LogP contribution in [0.3, 0.4) is 0 Å². The second-order valence-electron chi connectivity index (χ2n) is 4.99. The molecule has 0 aromatic rings. The number of carboxylic acids is 1. The molecular formula is C11H18N2O4S. The molecule has 3 unspecified atom stereocenters. The highest BCUT2D eigenvalue weighted by molar-refractivity contribution is 8.00. The predicted molar refractivity (Wildman–Crippen MR) is 67.6 cm³/mol. The van der Waals surface area contributed by atoms with E-state index in [1.54, 1.807) is 0 Å². The van der Waals surface area contributed by atoms with Crippen LogP contribution >= 0.6 is 11.8 Å². The van der Waals surface area contributed by atoms with Gasteiger partial charge in [-0.15, -0.1) is 11.8 Å². The van der Waals surface area contributed by atoms with Crippen LogP contribution in [0, 0.1) is 0 Å². The van der Waals surface area contributed by atoms with Crippen molar-refractivity contribution >= 4 is 23.8 Å². The van der Waals surface area contributed by atoms with Gasteiger partial charge in [-0.05, 0) is 20.3 Å². The van der Waals surface area contributed by atoms with Gasteiger partial charge in [0.25, 0.3) is 0 Å². The molecule has 2 aliphatic heterocycles. The molecule has 0 radical (unpaired) electrons. The smallest absolute Gasteiger partial charge is 0.327 e. The molecule has 0 bridgehead atoms. The van der Waals surface area contributed by atoms with Crippen LogP contribution in [-0.4, -0.2) is 57.9 Å². The number of aliphatic carboxylic acids is 1. The number of carboxylic acid groups (broad SMARTS) is 1. The molecule has 7 heteroatoms. The summed E-state index contributed by atoms with van der Waals surface area (Å²) < 4.78 is 5.27. The van der Waals surface area contributed by atoms with Gasteiger partial charge in [0.05, 0.1) is 17.5 Å². The lowest BCUT2D eigenvalue weighted by Crippen LogP contribution is -2.56. The summed E-state index contributed by atoms with van der Waals surface area (Å²) in [5.41, 5.74) is -0.382. The predicted octanol–water partition coefficient (Wildman–Crippen LogP) is 0.723. The second-order valence-corrected chi connectivity index (χ2v) is 6.34. The van der Waals surface area contributed by atoms with Gasteiger partial charge in [-0.25, -0.2) is 9.59 Å². The van der Waals surface area contributed by atoms with Gasteiger partial charge >= 0.3 is 12.0 Å². The van der Waals surface area contributed by atoms with Gasteiger partial charge in [0.2, 0.25) is 0 Å². The molecule has 3 atom stereocenters. The molecular weight excluding hydrogens is 256 g/mol. The molecule has 0 aromatic carbocycles. The Morgan fingerprint density at radius 1 is 1.56 bits per heavy atom. The maximum atomic E-state index is 12.2. The molecule has 2 rings (SSSR count). The zero-order chi connectivity index (χ0) is 13.3. The molecule has 0 aliphatic carbocycles. The van der Waals surface area contributed by atoms with E-state index in [-0.39, 0.29) is 16.9 Å². The van der Waals surface area contributed by atoms with E-state index < -0.39 is 12.0 Å². The van der Waals surface area contributed by atoms with Crippen molar-refractivity contribution in [2.24, 2.45) is 0 Å². The molecule has 2 heterocycles. The third kappa shape index (κ3) is 2.56. The Morgan fingerprint density at radius 3 is 2.83 bits per heavy atom. The Bertz CT molecular complexity index is 357. The van der Waals surface area contributed by atoms with Gasteiger partial charge in [-0.3, -0.25) is 4.90 Å². The quantitative estimate of drug-likeness (QED) is 0.776. The molecule has 0 saturated carbocycles. The molecule has 2 aliphatic rings. The van der Waals surface area contributed by atoms with Crippen LogP contribution in [0.5, 0.6) is 0 Å². The van der Waals surface area contributed by atoms with Crippen molar-refractivity contribution in [2.45, 2.75) is 37.2 Å². The first-order valence-corrected chi connectivity index (χ1v) is 7.00. The minimum Gasteiger partial charge on any atom is -0.480 e. The van der Waals surface area contributed by atoms with E-state index >= 15 is 0 Å². The normalized spacial score (nSPS) is 35.8. The van der Waals surface area contributed by atoms with Crippen LogP contribution < -0.4 is 5.32 Å². The Labute approximate surface area is 110 Å². The fourth-order valence-electron chi connectivity index (χ4n) is 2.23. The molecule has 2 N–H and O–H groups in total. The zero-order valence-electron chi connectivity index (χ0n) is 10.5. The largest absolute Gasteiger partial charge is 0.480 e. The number of urea groups is 1. The summed E-state index contributed by atoms with van der Waals surface area (Å²) in [4.78, 5) is 24.7. The Balaban J connectivity index is 2.04. The van der Waals surface area contributed by atoms with Crippen LogP contribution in [0.25, 0.3) is 0 Å². The maximum absolute atomic E-state index is 12.2. The highest BCUT2D eigenvalue weighted by Crippen LogP contribution is 2.29. The second kappa shape index (κ2) is 4.97. The lowest BCUT2D eigenvalue weighted by Gasteiger charge is -2.31. The number of thioether (sulfide) groups is 1. The Kier molecular flexibility index (Phi) is 3.72. The van der Waals surface area contributed by atoms with E-state index in [4.69, 9.17) is 9.84 Å². The standard InChI is InChI=1S/C11H18N2O4S/c1-7-13(8(5-18-7)9(14)15)10(16)12-11(2)3-4-17-6-11/h7-8H,3-6H2,1-2H3,(H,12,16)(H,14,15). The van der Waals surface area contributed by atoms with Gasteiger partial charge in [0.15, 0.2) is 0 Å². The summed E-state index contributed by atoms with van der Waals surface area (Å²) >= 11 is 1.48. The molecule has 102 valence electrons. The third-order valence-corrected chi connectivity index (χ3v) is 4.59. The number of carbonyl (C=O) groups is 2. The van der Waals surface area contributed by atoms with Gasteiger partial charge in [0.1, 0.15) is 6.04 Å². The molecule has 2 saturated heterocycles. The number of nitrogens with one attached hydrogen (secondary N) is 1. The number of ether oxygens (including phenoxy) is 1. The minimum absolute atomic E-state index is 0.114. The first-order valence-electron chi connectivity index (χ1n) is 5.95. The lowest BCUT2D eigenvalue weighted by molar-refractivity contribution is -0.141. The topological polar surface area (TPSA) is 78.9 Å². The van der Waals surface area contributed by atoms with E-state index in [2.05, 4.69) is 5.32 Å². The Morgan fingerprint density at radius 2 is 2.28 bits per heavy atom. The fraction of sp³-hybridized carbons (Fsp3) is 0.818. The van der Waals surface area contributed by atoms with Crippen molar-refractivity contribution in [1.82, 2.24) is 10.2 Å². The summed E-state index contributed by atoms with van der Waals surface area (Å²) in [6, 6.07) is -1.05. The van der Waals surface area contributed by atoms with Crippen LogP contribution in [0.15, 0.2) is 0 Å². The van der Waals surface area contributed by atoms with E-state index in [1.165, 1.54) is 16.7 Å². The van der Waals surface area contributed by atoms with E-state index in [0.717, 1.165) is 6.42 Å². The number of carbonyl (C=O) groups excluding carboxylic acids is 1. The summed E-state index contributed by atoms with van der Waals surface area (Å²) in [6.07, 6.45) is 0.756. The summed E-state index contributed by atoms with van der Waals surface area (Å²) in [5.74, 6) is -0.508. The average molecular weight is 274 g/mol. The minimum atomic E-state index is -0.949. The summed E-state index contributed by atoms with van der Waals surface area (Å²) in [6.45, 7) is 4.87. The molecule has 2 fully saturated rings. The fourth-order valence-corrected chi connectivity index (χ4v) is 3.40. The number of hydrogen-bond donors (Lipinski definition) is 2. The Hall–Kier alpha value is -0.950. The molecule has 0 spiro atoms. The van der Waals surface area contributed by atoms with E-state index in [0.29, 0.717) is 19.0 Å². The monoisotopic (exact) mass is 274 g/mol. The van der Waals surface area contributed by atoms with Crippen molar-refractivity contribution < 1.29 is 19.4 Å². The molecule has 6 nitrogen and oxygen atoms in total. The summed E-state index contributed by atoms with van der Waals surface area (Å²) in [5, 5.41) is 11.9. The van der Waals surface area contributed by atoms with Gasteiger partial charge in [-0.2, -0.15) is 0 Å².